The van der Waals surface area contributed by atoms with E-state index in [0.29, 0.717) is 33.9 Å². The van der Waals surface area contributed by atoms with Gasteiger partial charge < -0.3 is 10.2 Å². The van der Waals surface area contributed by atoms with E-state index in [9.17, 15) is 19.8 Å². The van der Waals surface area contributed by atoms with Crippen molar-refractivity contribution in [1.82, 2.24) is 28.5 Å². The highest BCUT2D eigenvalue weighted by atomic mass is 16.3. The van der Waals surface area contributed by atoms with Crippen molar-refractivity contribution in [2.24, 2.45) is 24.1 Å². The third kappa shape index (κ3) is 2.94. The average Bonchev–Trinajstić information content (AvgIpc) is 3.60. The Bertz CT molecular complexity index is 1690. The van der Waals surface area contributed by atoms with Crippen molar-refractivity contribution in [2.45, 2.75) is 0 Å². The Morgan fingerprint density at radius 3 is 1.56 bits per heavy atom. The first kappa shape index (κ1) is 21.3. The normalized spacial score (nSPS) is 15.8. The van der Waals surface area contributed by atoms with Crippen molar-refractivity contribution in [2.75, 3.05) is 0 Å². The maximum absolute atomic E-state index is 13.3. The smallest absolute Gasteiger partial charge is 0.350 e. The van der Waals surface area contributed by atoms with Gasteiger partial charge in [-0.15, -0.1) is 0 Å². The molecule has 0 radical (unpaired) electrons. The van der Waals surface area contributed by atoms with Crippen LogP contribution in [0.5, 0.6) is 11.8 Å². The lowest BCUT2D eigenvalue weighted by atomic mass is 10.1. The van der Waals surface area contributed by atoms with Gasteiger partial charge in [-0.05, 0) is 36.4 Å². The molecule has 36 heavy (non-hydrogen) atoms. The summed E-state index contributed by atoms with van der Waals surface area (Å²) in [6.07, 6.45) is 9.43. The van der Waals surface area contributed by atoms with Gasteiger partial charge in [0.05, 0.1) is 0 Å². The van der Waals surface area contributed by atoms with Gasteiger partial charge in [0.2, 0.25) is 11.8 Å². The van der Waals surface area contributed by atoms with Gasteiger partial charge in [0, 0.05) is 61.2 Å². The first-order valence-electron chi connectivity index (χ1n) is 10.8. The van der Waals surface area contributed by atoms with E-state index in [0.717, 1.165) is 18.5 Å². The lowest BCUT2D eigenvalue weighted by Gasteiger charge is -2.08. The summed E-state index contributed by atoms with van der Waals surface area (Å²) in [5.41, 5.74) is 1.23. The summed E-state index contributed by atoms with van der Waals surface area (Å²) >= 11 is 0. The molecule has 6 heterocycles. The molecule has 12 heteroatoms. The van der Waals surface area contributed by atoms with E-state index in [1.54, 1.807) is 37.0 Å². The van der Waals surface area contributed by atoms with Gasteiger partial charge in [0.1, 0.15) is 11.4 Å². The highest BCUT2D eigenvalue weighted by Crippen LogP contribution is 2.33. The fourth-order valence-electron chi connectivity index (χ4n) is 4.22. The highest BCUT2D eigenvalue weighted by Gasteiger charge is 2.26. The summed E-state index contributed by atoms with van der Waals surface area (Å²) in [5.74, 6) is 0.259. The monoisotopic (exact) mass is 482 g/mol. The highest BCUT2D eigenvalue weighted by molar-refractivity contribution is 6.21. The molecular weight excluding hydrogens is 464 g/mol. The van der Waals surface area contributed by atoms with Crippen molar-refractivity contribution in [3.63, 3.8) is 0 Å². The molecule has 0 aromatic carbocycles. The van der Waals surface area contributed by atoms with Crippen LogP contribution >= 0.6 is 0 Å². The second-order valence-electron chi connectivity index (χ2n) is 8.19. The van der Waals surface area contributed by atoms with Gasteiger partial charge >= 0.3 is 11.4 Å². The van der Waals surface area contributed by atoms with Crippen LogP contribution in [0.3, 0.4) is 0 Å². The number of aromatic hydroxyl groups is 2. The van der Waals surface area contributed by atoms with E-state index in [2.05, 4.69) is 20.0 Å². The fourth-order valence-corrected chi connectivity index (χ4v) is 4.22. The van der Waals surface area contributed by atoms with E-state index in [-0.39, 0.29) is 23.1 Å². The Hall–Kier alpha value is -5.26. The van der Waals surface area contributed by atoms with Crippen molar-refractivity contribution in [3.05, 3.63) is 80.1 Å². The standard InChI is InChI=1S/C24H18N8O4/c1-29-21(33)17(9-13-11-27-19-15(13)5-3-7-25-19)31(23(29)35)32-18(22(34)30(2)24(32)36)10-14-12-28-20-16(14)6-4-8-26-20/h3-12,33-34H,1-2H3. The van der Waals surface area contributed by atoms with Crippen molar-refractivity contribution in [1.29, 1.82) is 0 Å². The SMILES string of the molecule is Cn1c(O)c(C=C2C=Nc3ncccc32)n(-n2c(C=C3C=Nc4ncccc43)c(O)n(C)c2=O)c1=O. The van der Waals surface area contributed by atoms with E-state index >= 15 is 0 Å². The molecule has 4 aromatic rings. The minimum absolute atomic E-state index is 0.0233. The van der Waals surface area contributed by atoms with Gasteiger partial charge in [0.15, 0.2) is 11.6 Å². The van der Waals surface area contributed by atoms with Crippen LogP contribution in [0.25, 0.3) is 23.3 Å². The number of fused-ring (bicyclic) bond motifs is 2. The lowest BCUT2D eigenvalue weighted by molar-refractivity contribution is 0.428. The van der Waals surface area contributed by atoms with Crippen LogP contribution < -0.4 is 11.4 Å². The zero-order valence-electron chi connectivity index (χ0n) is 19.1. The minimum atomic E-state index is -0.699. The van der Waals surface area contributed by atoms with Crippen LogP contribution in [0.2, 0.25) is 0 Å². The fraction of sp³-hybridized carbons (Fsp3) is 0.0833. The second kappa shape index (κ2) is 7.63. The quantitative estimate of drug-likeness (QED) is 0.455. The van der Waals surface area contributed by atoms with Crippen molar-refractivity contribution in [3.8, 4) is 11.8 Å². The van der Waals surface area contributed by atoms with E-state index < -0.39 is 11.4 Å². The number of rotatable bonds is 3. The molecule has 0 saturated carbocycles. The molecule has 6 rings (SSSR count). The predicted molar refractivity (Wildman–Crippen MR) is 134 cm³/mol. The summed E-state index contributed by atoms with van der Waals surface area (Å²) in [5, 5.41) is 21.7. The number of imidazole rings is 2. The third-order valence-electron chi connectivity index (χ3n) is 6.12. The molecule has 2 aliphatic heterocycles. The minimum Gasteiger partial charge on any atom is -0.493 e. The molecule has 0 atom stereocenters. The zero-order valence-corrected chi connectivity index (χ0v) is 19.1. The number of pyridine rings is 2. The molecule has 12 nitrogen and oxygen atoms in total. The number of nitrogens with zero attached hydrogens (tertiary/aromatic N) is 8. The molecule has 0 amide bonds. The maximum Gasteiger partial charge on any atom is 0.350 e. The summed E-state index contributed by atoms with van der Waals surface area (Å²) in [6, 6.07) is 7.12. The molecule has 2 aliphatic rings. The van der Waals surface area contributed by atoms with Crippen molar-refractivity contribution < 1.29 is 10.2 Å². The Balaban J connectivity index is 1.61. The van der Waals surface area contributed by atoms with Crippen LogP contribution in [0.15, 0.2) is 56.2 Å². The summed E-state index contributed by atoms with van der Waals surface area (Å²) in [6.45, 7) is 0. The number of hydrogen-bond donors (Lipinski definition) is 2. The molecule has 0 spiro atoms. The molecular formula is C24H18N8O4. The lowest BCUT2D eigenvalue weighted by Crippen LogP contribution is -2.36. The molecule has 0 unspecified atom stereocenters. The first-order chi connectivity index (χ1) is 17.4. The first-order valence-corrected chi connectivity index (χ1v) is 10.8. The molecule has 4 aromatic heterocycles. The van der Waals surface area contributed by atoms with Gasteiger partial charge in [-0.25, -0.2) is 29.5 Å². The Kier molecular flexibility index (Phi) is 4.51. The van der Waals surface area contributed by atoms with E-state index in [1.165, 1.54) is 26.2 Å². The van der Waals surface area contributed by atoms with Crippen LogP contribution in [-0.2, 0) is 14.1 Å². The van der Waals surface area contributed by atoms with Crippen LogP contribution in [0.4, 0.5) is 11.6 Å². The zero-order chi connectivity index (χ0) is 25.1. The van der Waals surface area contributed by atoms with Crippen LogP contribution in [0.1, 0.15) is 22.5 Å². The Morgan fingerprint density at radius 2 is 1.14 bits per heavy atom. The summed E-state index contributed by atoms with van der Waals surface area (Å²) < 4.78 is 4.03. The van der Waals surface area contributed by atoms with Gasteiger partial charge in [-0.2, -0.15) is 9.35 Å². The maximum atomic E-state index is 13.3. The number of aromatic nitrogens is 6. The molecule has 2 N–H and O–H groups in total. The number of allylic oxidation sites excluding steroid dienone is 2. The molecule has 0 fully saturated rings. The molecule has 0 bridgehead atoms. The summed E-state index contributed by atoms with van der Waals surface area (Å²) in [4.78, 5) is 43.5. The molecule has 178 valence electrons. The second-order valence-corrected chi connectivity index (χ2v) is 8.19. The van der Waals surface area contributed by atoms with Gasteiger partial charge in [-0.3, -0.25) is 9.13 Å². The number of aliphatic imine (C=N–C) groups is 2. The van der Waals surface area contributed by atoms with E-state index in [1.807, 2.05) is 12.1 Å². The summed E-state index contributed by atoms with van der Waals surface area (Å²) in [7, 11) is 2.76. The van der Waals surface area contributed by atoms with Crippen LogP contribution in [0, 0.1) is 0 Å². The Labute approximate surface area is 202 Å². The number of hydrogen-bond acceptors (Lipinski definition) is 8. The van der Waals surface area contributed by atoms with Crippen LogP contribution in [-0.4, -0.2) is 51.1 Å². The average molecular weight is 482 g/mol. The largest absolute Gasteiger partial charge is 0.493 e. The third-order valence-corrected chi connectivity index (χ3v) is 6.12. The van der Waals surface area contributed by atoms with Crippen molar-refractivity contribution >= 4 is 47.4 Å². The molecule has 0 aliphatic carbocycles. The van der Waals surface area contributed by atoms with Gasteiger partial charge in [-0.1, -0.05) is 0 Å². The Morgan fingerprint density at radius 1 is 0.722 bits per heavy atom. The van der Waals surface area contributed by atoms with E-state index in [4.69, 9.17) is 0 Å². The van der Waals surface area contributed by atoms with Gasteiger partial charge in [0.25, 0.3) is 0 Å². The molecule has 0 saturated heterocycles. The predicted octanol–water partition coefficient (Wildman–Crippen LogP) is 1.71. The topological polar surface area (TPSA) is 145 Å².